The first-order chi connectivity index (χ1) is 17.1. The Kier molecular flexibility index (Phi) is 11.3. The molecule has 0 saturated carbocycles. The number of nitrogens with zero attached hydrogens (tertiary/aromatic N) is 3. The standard InChI is InChI=1S/C25H38N6O3S/c1-2-3-4-5-9-27-25(33)31(11-6-10-30-12-14-34-15-13-30)17-20-7-8-22(28-16-20)24(32)29-23-19-35-18-21(23)26/h7-8,16,18-19H,2-6,9-15,17,26H2,1H3,(H,27,33)(H,29,32). The maximum Gasteiger partial charge on any atom is 0.317 e. The highest BCUT2D eigenvalue weighted by atomic mass is 32.1. The van der Waals surface area contributed by atoms with Crippen molar-refractivity contribution in [3.63, 3.8) is 0 Å². The van der Waals surface area contributed by atoms with E-state index in [2.05, 4.69) is 27.4 Å². The number of hydrogen-bond acceptors (Lipinski definition) is 7. The number of carbonyl (C=O) groups excluding carboxylic acids is 2. The molecule has 0 radical (unpaired) electrons. The second kappa shape index (κ2) is 14.7. The van der Waals surface area contributed by atoms with Gasteiger partial charge in [-0.1, -0.05) is 32.3 Å². The molecule has 1 saturated heterocycles. The van der Waals surface area contributed by atoms with Crippen LogP contribution in [0.4, 0.5) is 16.2 Å². The minimum atomic E-state index is -0.311. The fourth-order valence-electron chi connectivity index (χ4n) is 3.89. The molecule has 0 aliphatic carbocycles. The van der Waals surface area contributed by atoms with Gasteiger partial charge in [0.25, 0.3) is 5.91 Å². The molecule has 1 aliphatic rings. The highest BCUT2D eigenvalue weighted by Gasteiger charge is 2.17. The molecule has 0 aromatic carbocycles. The van der Waals surface area contributed by atoms with E-state index in [-0.39, 0.29) is 11.9 Å². The molecule has 35 heavy (non-hydrogen) atoms. The number of hydrogen-bond donors (Lipinski definition) is 3. The van der Waals surface area contributed by atoms with E-state index >= 15 is 0 Å². The molecule has 3 amide bonds. The number of nitrogens with two attached hydrogens (primary N) is 1. The molecule has 0 spiro atoms. The number of unbranched alkanes of at least 4 members (excludes halogenated alkanes) is 3. The Morgan fingerprint density at radius 3 is 2.69 bits per heavy atom. The largest absolute Gasteiger partial charge is 0.396 e. The highest BCUT2D eigenvalue weighted by molar-refractivity contribution is 7.09. The number of nitrogens with one attached hydrogen (secondary N) is 2. The van der Waals surface area contributed by atoms with Crippen molar-refractivity contribution in [1.29, 1.82) is 0 Å². The van der Waals surface area contributed by atoms with Crippen LogP contribution in [0, 0.1) is 0 Å². The number of aromatic nitrogens is 1. The van der Waals surface area contributed by atoms with Crippen molar-refractivity contribution >= 4 is 34.6 Å². The topological polar surface area (TPSA) is 113 Å². The predicted octanol–water partition coefficient (Wildman–Crippen LogP) is 3.79. The van der Waals surface area contributed by atoms with Gasteiger partial charge < -0.3 is 26.0 Å². The minimum absolute atomic E-state index is 0.0572. The summed E-state index contributed by atoms with van der Waals surface area (Å²) in [6.45, 7) is 8.30. The van der Waals surface area contributed by atoms with Gasteiger partial charge in [-0.3, -0.25) is 14.7 Å². The fraction of sp³-hybridized carbons (Fsp3) is 0.560. The van der Waals surface area contributed by atoms with Gasteiger partial charge in [0.15, 0.2) is 0 Å². The molecule has 0 unspecified atom stereocenters. The van der Waals surface area contributed by atoms with Crippen molar-refractivity contribution in [1.82, 2.24) is 20.1 Å². The van der Waals surface area contributed by atoms with Crippen molar-refractivity contribution in [3.8, 4) is 0 Å². The monoisotopic (exact) mass is 502 g/mol. The van der Waals surface area contributed by atoms with Crippen LogP contribution in [0.15, 0.2) is 29.1 Å². The lowest BCUT2D eigenvalue weighted by atomic mass is 10.2. The number of carbonyl (C=O) groups is 2. The van der Waals surface area contributed by atoms with Crippen LogP contribution in [-0.2, 0) is 11.3 Å². The summed E-state index contributed by atoms with van der Waals surface area (Å²) in [4.78, 5) is 33.9. The molecule has 2 aromatic heterocycles. The zero-order chi connectivity index (χ0) is 24.9. The van der Waals surface area contributed by atoms with Crippen LogP contribution in [-0.4, -0.2) is 72.7 Å². The number of thiophene rings is 1. The van der Waals surface area contributed by atoms with Crippen molar-refractivity contribution < 1.29 is 14.3 Å². The third kappa shape index (κ3) is 9.12. The molecule has 10 heteroatoms. The van der Waals surface area contributed by atoms with Gasteiger partial charge in [0, 0.05) is 56.2 Å². The summed E-state index contributed by atoms with van der Waals surface area (Å²) in [5, 5.41) is 9.41. The summed E-state index contributed by atoms with van der Waals surface area (Å²) < 4.78 is 5.42. The lowest BCUT2D eigenvalue weighted by Crippen LogP contribution is -2.42. The van der Waals surface area contributed by atoms with Gasteiger partial charge in [-0.05, 0) is 24.5 Å². The highest BCUT2D eigenvalue weighted by Crippen LogP contribution is 2.23. The molecule has 1 aliphatic heterocycles. The Labute approximate surface area is 212 Å². The Morgan fingerprint density at radius 1 is 1.17 bits per heavy atom. The van der Waals surface area contributed by atoms with Crippen LogP contribution < -0.4 is 16.4 Å². The third-order valence-corrected chi connectivity index (χ3v) is 6.73. The van der Waals surface area contributed by atoms with E-state index < -0.39 is 0 Å². The van der Waals surface area contributed by atoms with E-state index in [9.17, 15) is 9.59 Å². The van der Waals surface area contributed by atoms with Gasteiger partial charge in [-0.2, -0.15) is 0 Å². The average Bonchev–Trinajstić information content (AvgIpc) is 3.28. The van der Waals surface area contributed by atoms with E-state index in [1.807, 2.05) is 11.0 Å². The maximum absolute atomic E-state index is 12.9. The molecular formula is C25H38N6O3S. The minimum Gasteiger partial charge on any atom is -0.396 e. The smallest absolute Gasteiger partial charge is 0.317 e. The van der Waals surface area contributed by atoms with Gasteiger partial charge >= 0.3 is 6.03 Å². The normalized spacial score (nSPS) is 14.0. The number of rotatable bonds is 13. The number of amides is 3. The van der Waals surface area contributed by atoms with Crippen molar-refractivity contribution in [2.45, 2.75) is 45.6 Å². The summed E-state index contributed by atoms with van der Waals surface area (Å²) in [6.07, 6.45) is 7.02. The number of ether oxygens (including phenoxy) is 1. The molecular weight excluding hydrogens is 464 g/mol. The Balaban J connectivity index is 1.55. The van der Waals surface area contributed by atoms with Gasteiger partial charge in [0.2, 0.25) is 0 Å². The summed E-state index contributed by atoms with van der Waals surface area (Å²) in [5.74, 6) is -0.311. The number of nitrogen functional groups attached to an aromatic ring is 1. The van der Waals surface area contributed by atoms with Crippen LogP contribution >= 0.6 is 11.3 Å². The third-order valence-electron chi connectivity index (χ3n) is 5.97. The zero-order valence-corrected chi connectivity index (χ0v) is 21.4. The van der Waals surface area contributed by atoms with Gasteiger partial charge in [0.1, 0.15) is 5.69 Å². The maximum atomic E-state index is 12.9. The summed E-state index contributed by atoms with van der Waals surface area (Å²) >= 11 is 1.43. The summed E-state index contributed by atoms with van der Waals surface area (Å²) in [5.41, 5.74) is 8.15. The molecule has 3 heterocycles. The SMILES string of the molecule is CCCCCCNC(=O)N(CCCN1CCOCC1)Cc1ccc(C(=O)Nc2cscc2N)nc1. The first-order valence-corrected chi connectivity index (χ1v) is 13.4. The summed E-state index contributed by atoms with van der Waals surface area (Å²) in [7, 11) is 0. The molecule has 3 rings (SSSR count). The molecule has 192 valence electrons. The van der Waals surface area contributed by atoms with Gasteiger partial charge in [-0.15, -0.1) is 11.3 Å². The lowest BCUT2D eigenvalue weighted by Gasteiger charge is -2.28. The molecule has 0 bridgehead atoms. The first-order valence-electron chi connectivity index (χ1n) is 12.5. The van der Waals surface area contributed by atoms with E-state index in [1.54, 1.807) is 23.0 Å². The Bertz CT molecular complexity index is 914. The van der Waals surface area contributed by atoms with Crippen molar-refractivity contribution in [2.24, 2.45) is 0 Å². The summed E-state index contributed by atoms with van der Waals surface area (Å²) in [6, 6.07) is 3.47. The molecule has 0 atom stereocenters. The average molecular weight is 503 g/mol. The van der Waals surface area contributed by atoms with E-state index in [0.717, 1.165) is 57.7 Å². The van der Waals surface area contributed by atoms with Crippen LogP contribution in [0.5, 0.6) is 0 Å². The van der Waals surface area contributed by atoms with E-state index in [1.165, 1.54) is 24.2 Å². The predicted molar refractivity (Wildman–Crippen MR) is 141 cm³/mol. The van der Waals surface area contributed by atoms with Crippen LogP contribution in [0.2, 0.25) is 0 Å². The van der Waals surface area contributed by atoms with Crippen molar-refractivity contribution in [3.05, 3.63) is 40.3 Å². The van der Waals surface area contributed by atoms with Crippen LogP contribution in [0.1, 0.15) is 55.1 Å². The molecule has 9 nitrogen and oxygen atoms in total. The Morgan fingerprint density at radius 2 is 2.00 bits per heavy atom. The second-order valence-corrected chi connectivity index (χ2v) is 9.51. The molecule has 1 fully saturated rings. The van der Waals surface area contributed by atoms with Crippen LogP contribution in [0.25, 0.3) is 0 Å². The molecule has 2 aromatic rings. The van der Waals surface area contributed by atoms with E-state index in [0.29, 0.717) is 36.7 Å². The first kappa shape index (κ1) is 26.9. The lowest BCUT2D eigenvalue weighted by molar-refractivity contribution is 0.0364. The number of pyridine rings is 1. The van der Waals surface area contributed by atoms with E-state index in [4.69, 9.17) is 10.5 Å². The fourth-order valence-corrected chi connectivity index (χ4v) is 4.56. The van der Waals surface area contributed by atoms with Crippen molar-refractivity contribution in [2.75, 3.05) is 57.0 Å². The quantitative estimate of drug-likeness (QED) is 0.359. The van der Waals surface area contributed by atoms with Crippen LogP contribution in [0.3, 0.4) is 0 Å². The molecule has 4 N–H and O–H groups in total. The van der Waals surface area contributed by atoms with Gasteiger partial charge in [-0.25, -0.2) is 4.79 Å². The Hall–Kier alpha value is -2.69. The number of morpholine rings is 1. The second-order valence-electron chi connectivity index (χ2n) is 8.77. The number of urea groups is 1. The zero-order valence-electron chi connectivity index (χ0n) is 20.6. The van der Waals surface area contributed by atoms with Gasteiger partial charge in [0.05, 0.1) is 24.6 Å². The number of anilines is 2.